The van der Waals surface area contributed by atoms with Gasteiger partial charge in [0, 0.05) is 24.1 Å². The van der Waals surface area contributed by atoms with Crippen molar-refractivity contribution in [3.8, 4) is 0 Å². The molecular weight excluding hydrogens is 362 g/mol. The number of ketones is 1. The molecule has 0 saturated heterocycles. The lowest BCUT2D eigenvalue weighted by molar-refractivity contribution is 0.102. The number of aromatic nitrogens is 3. The molecule has 0 N–H and O–H groups in total. The van der Waals surface area contributed by atoms with Gasteiger partial charge >= 0.3 is 0 Å². The summed E-state index contributed by atoms with van der Waals surface area (Å²) in [5.41, 5.74) is 2.88. The average Bonchev–Trinajstić information content (AvgIpc) is 3.10. The summed E-state index contributed by atoms with van der Waals surface area (Å²) >= 11 is 4.68. The van der Waals surface area contributed by atoms with Crippen LogP contribution >= 0.6 is 34.9 Å². The highest BCUT2D eigenvalue weighted by molar-refractivity contribution is 8.03. The zero-order chi connectivity index (χ0) is 17.7. The quantitative estimate of drug-likeness (QED) is 0.475. The standard InChI is InChI=1S/C16H23N3O2S3/c1-6-22-15-17-18-16(24-15)23-9-14(20)13-7-10(2)19(12(13)4)11(3)8-21-5/h7,11H,6,8-9H2,1-5H3. The van der Waals surface area contributed by atoms with Gasteiger partial charge in [0.15, 0.2) is 14.5 Å². The molecule has 1 atom stereocenters. The molecule has 0 saturated carbocycles. The molecule has 0 spiro atoms. The molecule has 2 heterocycles. The zero-order valence-corrected chi connectivity index (χ0v) is 17.1. The Morgan fingerprint density at radius 1 is 1.33 bits per heavy atom. The summed E-state index contributed by atoms with van der Waals surface area (Å²) in [5.74, 6) is 1.49. The largest absolute Gasteiger partial charge is 0.383 e. The van der Waals surface area contributed by atoms with Gasteiger partial charge in [-0.25, -0.2) is 0 Å². The second-order valence-corrected chi connectivity index (χ2v) is 9.15. The van der Waals surface area contributed by atoms with E-state index in [2.05, 4.69) is 28.6 Å². The van der Waals surface area contributed by atoms with Crippen LogP contribution in [0.5, 0.6) is 0 Å². The van der Waals surface area contributed by atoms with Crippen molar-refractivity contribution in [2.45, 2.75) is 42.4 Å². The van der Waals surface area contributed by atoms with Gasteiger partial charge in [-0.2, -0.15) is 0 Å². The van der Waals surface area contributed by atoms with Crippen LogP contribution in [0, 0.1) is 13.8 Å². The number of Topliss-reactive ketones (excluding diaryl/α,β-unsaturated/α-hetero) is 1. The highest BCUT2D eigenvalue weighted by atomic mass is 32.2. The van der Waals surface area contributed by atoms with Crippen molar-refractivity contribution in [2.24, 2.45) is 0 Å². The van der Waals surface area contributed by atoms with Crippen LogP contribution in [-0.4, -0.2) is 45.8 Å². The van der Waals surface area contributed by atoms with Crippen molar-refractivity contribution < 1.29 is 9.53 Å². The topological polar surface area (TPSA) is 57.0 Å². The number of ether oxygens (including phenoxy) is 1. The van der Waals surface area contributed by atoms with Gasteiger partial charge in [0.1, 0.15) is 0 Å². The van der Waals surface area contributed by atoms with E-state index in [9.17, 15) is 4.79 Å². The molecule has 0 fully saturated rings. The Labute approximate surface area is 155 Å². The Morgan fingerprint density at radius 3 is 2.62 bits per heavy atom. The van der Waals surface area contributed by atoms with Gasteiger partial charge in [0.25, 0.3) is 0 Å². The molecule has 1 unspecified atom stereocenters. The first-order valence-corrected chi connectivity index (χ1v) is 10.6. The third-order valence-electron chi connectivity index (χ3n) is 3.62. The Morgan fingerprint density at radius 2 is 2.00 bits per heavy atom. The maximum Gasteiger partial charge on any atom is 0.175 e. The third kappa shape index (κ3) is 4.62. The van der Waals surface area contributed by atoms with E-state index in [1.165, 1.54) is 11.8 Å². The highest BCUT2D eigenvalue weighted by Gasteiger charge is 2.19. The zero-order valence-electron chi connectivity index (χ0n) is 14.7. The summed E-state index contributed by atoms with van der Waals surface area (Å²) < 4.78 is 9.21. The van der Waals surface area contributed by atoms with E-state index in [4.69, 9.17) is 4.74 Å². The summed E-state index contributed by atoms with van der Waals surface area (Å²) in [7, 11) is 1.69. The monoisotopic (exact) mass is 385 g/mol. The lowest BCUT2D eigenvalue weighted by Crippen LogP contribution is -2.14. The lowest BCUT2D eigenvalue weighted by Gasteiger charge is -2.17. The van der Waals surface area contributed by atoms with E-state index in [0.29, 0.717) is 12.4 Å². The minimum absolute atomic E-state index is 0.129. The van der Waals surface area contributed by atoms with Crippen molar-refractivity contribution >= 4 is 40.6 Å². The van der Waals surface area contributed by atoms with Gasteiger partial charge in [-0.05, 0) is 32.6 Å². The summed E-state index contributed by atoms with van der Waals surface area (Å²) in [4.78, 5) is 12.6. The van der Waals surface area contributed by atoms with E-state index < -0.39 is 0 Å². The Balaban J connectivity index is 2.05. The number of carbonyl (C=O) groups excluding carboxylic acids is 1. The first-order chi connectivity index (χ1) is 11.5. The van der Waals surface area contributed by atoms with Gasteiger partial charge < -0.3 is 9.30 Å². The smallest absolute Gasteiger partial charge is 0.175 e. The molecule has 0 bridgehead atoms. The number of nitrogens with zero attached hydrogens (tertiary/aromatic N) is 3. The second kappa shape index (κ2) is 9.03. The van der Waals surface area contributed by atoms with Gasteiger partial charge in [-0.1, -0.05) is 41.8 Å². The van der Waals surface area contributed by atoms with Crippen LogP contribution in [0.2, 0.25) is 0 Å². The second-order valence-electron chi connectivity index (χ2n) is 5.44. The lowest BCUT2D eigenvalue weighted by atomic mass is 10.2. The predicted molar refractivity (Wildman–Crippen MR) is 102 cm³/mol. The van der Waals surface area contributed by atoms with Crippen molar-refractivity contribution in [3.05, 3.63) is 23.0 Å². The van der Waals surface area contributed by atoms with Crippen LogP contribution in [0.15, 0.2) is 14.7 Å². The molecular formula is C16H23N3O2S3. The van der Waals surface area contributed by atoms with Crippen LogP contribution in [0.25, 0.3) is 0 Å². The molecule has 0 aromatic carbocycles. The molecule has 2 aromatic heterocycles. The van der Waals surface area contributed by atoms with E-state index in [-0.39, 0.29) is 11.8 Å². The van der Waals surface area contributed by atoms with Crippen LogP contribution < -0.4 is 0 Å². The number of aryl methyl sites for hydroxylation is 1. The number of carbonyl (C=O) groups is 1. The van der Waals surface area contributed by atoms with Crippen molar-refractivity contribution in [1.82, 2.24) is 14.8 Å². The minimum atomic E-state index is 0.129. The van der Waals surface area contributed by atoms with Gasteiger partial charge in [-0.15, -0.1) is 10.2 Å². The maximum atomic E-state index is 12.6. The maximum absolute atomic E-state index is 12.6. The Kier molecular flexibility index (Phi) is 7.34. The van der Waals surface area contributed by atoms with Gasteiger partial charge in [0.05, 0.1) is 18.4 Å². The van der Waals surface area contributed by atoms with E-state index in [1.807, 2.05) is 19.9 Å². The van der Waals surface area contributed by atoms with Crippen molar-refractivity contribution in [1.29, 1.82) is 0 Å². The molecule has 0 amide bonds. The fourth-order valence-corrected chi connectivity index (χ4v) is 5.50. The fraction of sp³-hybridized carbons (Fsp3) is 0.562. The third-order valence-corrected chi connectivity index (χ3v) is 6.69. The van der Waals surface area contributed by atoms with Crippen LogP contribution in [-0.2, 0) is 4.74 Å². The predicted octanol–water partition coefficient (Wildman–Crippen LogP) is 4.25. The summed E-state index contributed by atoms with van der Waals surface area (Å²) in [6, 6.07) is 2.18. The molecule has 2 rings (SSSR count). The summed E-state index contributed by atoms with van der Waals surface area (Å²) in [6.07, 6.45) is 0. The Bertz CT molecular complexity index is 697. The molecule has 2 aromatic rings. The van der Waals surface area contributed by atoms with Crippen LogP contribution in [0.3, 0.4) is 0 Å². The highest BCUT2D eigenvalue weighted by Crippen LogP contribution is 2.29. The van der Waals surface area contributed by atoms with Crippen molar-refractivity contribution in [3.63, 3.8) is 0 Å². The van der Waals surface area contributed by atoms with Gasteiger partial charge in [-0.3, -0.25) is 4.79 Å². The van der Waals surface area contributed by atoms with Crippen LogP contribution in [0.1, 0.15) is 41.6 Å². The molecule has 24 heavy (non-hydrogen) atoms. The van der Waals surface area contributed by atoms with E-state index in [1.54, 1.807) is 30.2 Å². The normalized spacial score (nSPS) is 12.5. The molecule has 0 aliphatic carbocycles. The number of thioether (sulfide) groups is 2. The average molecular weight is 386 g/mol. The number of hydrogen-bond acceptors (Lipinski definition) is 7. The van der Waals surface area contributed by atoms with E-state index in [0.717, 1.165) is 31.4 Å². The van der Waals surface area contributed by atoms with Crippen LogP contribution in [0.4, 0.5) is 0 Å². The molecule has 8 heteroatoms. The van der Waals surface area contributed by atoms with E-state index >= 15 is 0 Å². The molecule has 5 nitrogen and oxygen atoms in total. The minimum Gasteiger partial charge on any atom is -0.383 e. The number of methoxy groups -OCH3 is 1. The molecule has 0 aliphatic heterocycles. The first-order valence-electron chi connectivity index (χ1n) is 7.77. The SMILES string of the molecule is CCSc1nnc(SCC(=O)c2cc(C)n(C(C)COC)c2C)s1. The first kappa shape index (κ1) is 19.5. The summed E-state index contributed by atoms with van der Waals surface area (Å²) in [6.45, 7) is 8.84. The van der Waals surface area contributed by atoms with Gasteiger partial charge in [0.2, 0.25) is 0 Å². The molecule has 0 radical (unpaired) electrons. The number of rotatable bonds is 9. The fourth-order valence-electron chi connectivity index (χ4n) is 2.70. The Hall–Kier alpha value is -0.830. The molecule has 132 valence electrons. The van der Waals surface area contributed by atoms with Crippen molar-refractivity contribution in [2.75, 3.05) is 25.2 Å². The summed E-state index contributed by atoms with van der Waals surface area (Å²) in [5, 5.41) is 8.25. The number of hydrogen-bond donors (Lipinski definition) is 0. The molecule has 0 aliphatic rings.